The molecule has 0 unspecified atom stereocenters. The Morgan fingerprint density at radius 3 is 2.67 bits per heavy atom. The van der Waals surface area contributed by atoms with E-state index < -0.39 is 27.9 Å². The Morgan fingerprint density at radius 1 is 1.14 bits per heavy atom. The van der Waals surface area contributed by atoms with Gasteiger partial charge in [0.15, 0.2) is 17.5 Å². The van der Waals surface area contributed by atoms with E-state index in [1.807, 2.05) is 0 Å². The summed E-state index contributed by atoms with van der Waals surface area (Å²) in [5.74, 6) is -1.60. The van der Waals surface area contributed by atoms with Crippen molar-refractivity contribution in [2.24, 2.45) is 0 Å². The van der Waals surface area contributed by atoms with Gasteiger partial charge in [-0.2, -0.15) is 12.7 Å². The van der Waals surface area contributed by atoms with Crippen LogP contribution in [0.15, 0.2) is 48.8 Å². The van der Waals surface area contributed by atoms with Gasteiger partial charge < -0.3 is 9.47 Å². The van der Waals surface area contributed by atoms with Crippen LogP contribution in [0.25, 0.3) is 0 Å². The normalized spacial score (nSPS) is 15.6. The summed E-state index contributed by atoms with van der Waals surface area (Å²) in [7, 11) is -2.65. The van der Waals surface area contributed by atoms with Gasteiger partial charge in [-0.1, -0.05) is 0 Å². The number of nitrogens with zero attached hydrogens (tertiary/aromatic N) is 5. The molecular formula is C23H21F2N5O5S. The van der Waals surface area contributed by atoms with E-state index >= 15 is 4.39 Å². The van der Waals surface area contributed by atoms with Crippen LogP contribution in [0.3, 0.4) is 0 Å². The monoisotopic (exact) mass is 517 g/mol. The summed E-state index contributed by atoms with van der Waals surface area (Å²) in [5.41, 5.74) is 0.701. The number of amides is 1. The highest BCUT2D eigenvalue weighted by Crippen LogP contribution is 2.33. The van der Waals surface area contributed by atoms with Gasteiger partial charge >= 0.3 is 16.3 Å². The highest BCUT2D eigenvalue weighted by atomic mass is 32.2. The minimum absolute atomic E-state index is 0.0802. The molecule has 0 N–H and O–H groups in total. The highest BCUT2D eigenvalue weighted by Gasteiger charge is 2.34. The minimum Gasteiger partial charge on any atom is -0.436 e. The maximum Gasteiger partial charge on any atom is 0.415 e. The number of pyridine rings is 2. The summed E-state index contributed by atoms with van der Waals surface area (Å²) in [6.07, 6.45) is 2.69. The molecule has 0 radical (unpaired) electrons. The Morgan fingerprint density at radius 2 is 1.94 bits per heavy atom. The zero-order valence-electron chi connectivity index (χ0n) is 19.1. The van der Waals surface area contributed by atoms with Crippen LogP contribution in [0, 0.1) is 11.6 Å². The Kier molecular flexibility index (Phi) is 6.18. The second-order valence-corrected chi connectivity index (χ2v) is 10.2. The topological polar surface area (TPSA) is 105 Å². The van der Waals surface area contributed by atoms with Gasteiger partial charge in [-0.25, -0.2) is 27.8 Å². The van der Waals surface area contributed by atoms with Crippen molar-refractivity contribution < 1.29 is 31.5 Å². The fourth-order valence-electron chi connectivity index (χ4n) is 3.75. The van der Waals surface area contributed by atoms with Crippen molar-refractivity contribution in [1.82, 2.24) is 19.2 Å². The molecule has 1 amide bonds. The molecule has 36 heavy (non-hydrogen) atoms. The third-order valence-electron chi connectivity index (χ3n) is 5.89. The molecule has 4 heterocycles. The number of carbonyl (C=O) groups is 1. The van der Waals surface area contributed by atoms with Crippen LogP contribution in [0.5, 0.6) is 17.4 Å². The quantitative estimate of drug-likeness (QED) is 0.473. The molecular weight excluding hydrogens is 496 g/mol. The summed E-state index contributed by atoms with van der Waals surface area (Å²) >= 11 is 0. The number of ether oxygens (including phenoxy) is 2. The van der Waals surface area contributed by atoms with Crippen molar-refractivity contribution in [2.75, 3.05) is 24.4 Å². The minimum atomic E-state index is -3.89. The van der Waals surface area contributed by atoms with E-state index in [-0.39, 0.29) is 41.8 Å². The number of carbonyl (C=O) groups excluding carboxylic acids is 1. The van der Waals surface area contributed by atoms with Crippen molar-refractivity contribution in [1.29, 1.82) is 0 Å². The molecule has 1 fully saturated rings. The van der Waals surface area contributed by atoms with Crippen LogP contribution in [-0.2, 0) is 23.3 Å². The number of anilines is 1. The predicted octanol–water partition coefficient (Wildman–Crippen LogP) is 3.45. The van der Waals surface area contributed by atoms with Crippen molar-refractivity contribution in [2.45, 2.75) is 19.5 Å². The fraction of sp³-hybridized carbons (Fsp3) is 0.261. The second kappa shape index (κ2) is 9.32. The van der Waals surface area contributed by atoms with E-state index in [1.54, 1.807) is 12.1 Å². The van der Waals surface area contributed by atoms with Crippen molar-refractivity contribution in [3.05, 3.63) is 71.6 Å². The van der Waals surface area contributed by atoms with Crippen LogP contribution >= 0.6 is 0 Å². The summed E-state index contributed by atoms with van der Waals surface area (Å²) < 4.78 is 67.3. The third kappa shape index (κ3) is 4.42. The van der Waals surface area contributed by atoms with E-state index in [1.165, 1.54) is 52.9 Å². The van der Waals surface area contributed by atoms with Gasteiger partial charge in [-0.05, 0) is 36.8 Å². The molecule has 1 saturated heterocycles. The zero-order valence-corrected chi connectivity index (χ0v) is 19.9. The Balaban J connectivity index is 1.33. The lowest BCUT2D eigenvalue weighted by Crippen LogP contribution is -2.49. The number of benzene rings is 1. The first-order valence-electron chi connectivity index (χ1n) is 11.0. The van der Waals surface area contributed by atoms with Crippen LogP contribution in [0.2, 0.25) is 0 Å². The first-order valence-corrected chi connectivity index (χ1v) is 12.4. The Hall–Kier alpha value is -3.84. The van der Waals surface area contributed by atoms with Gasteiger partial charge in [-0.3, -0.25) is 4.90 Å². The van der Waals surface area contributed by atoms with E-state index in [0.717, 1.165) is 10.7 Å². The van der Waals surface area contributed by atoms with Gasteiger partial charge in [0.05, 0.1) is 13.1 Å². The Bertz CT molecular complexity index is 1430. The van der Waals surface area contributed by atoms with E-state index in [2.05, 4.69) is 9.97 Å². The number of hydrogen-bond donors (Lipinski definition) is 0. The molecule has 0 bridgehead atoms. The van der Waals surface area contributed by atoms with Crippen LogP contribution in [0.1, 0.15) is 17.5 Å². The van der Waals surface area contributed by atoms with Gasteiger partial charge in [0.25, 0.3) is 5.88 Å². The van der Waals surface area contributed by atoms with Crippen LogP contribution in [-0.4, -0.2) is 53.8 Å². The maximum absolute atomic E-state index is 15.3. The molecule has 0 saturated carbocycles. The summed E-state index contributed by atoms with van der Waals surface area (Å²) in [5, 5.41) is 0. The molecule has 2 aliphatic rings. The molecule has 13 heteroatoms. The molecule has 2 aliphatic heterocycles. The summed E-state index contributed by atoms with van der Waals surface area (Å²) in [6.45, 7) is 0.674. The van der Waals surface area contributed by atoms with E-state index in [9.17, 15) is 17.6 Å². The molecule has 0 atom stereocenters. The smallest absolute Gasteiger partial charge is 0.415 e. The van der Waals surface area contributed by atoms with Gasteiger partial charge in [0.1, 0.15) is 11.5 Å². The number of hydrogen-bond acceptors (Lipinski definition) is 7. The van der Waals surface area contributed by atoms with Gasteiger partial charge in [0.2, 0.25) is 0 Å². The molecule has 2 aromatic heterocycles. The average Bonchev–Trinajstić information content (AvgIpc) is 2.80. The van der Waals surface area contributed by atoms with Crippen LogP contribution < -0.4 is 13.8 Å². The first-order chi connectivity index (χ1) is 17.2. The first kappa shape index (κ1) is 23.9. The van der Waals surface area contributed by atoms with E-state index in [4.69, 9.17) is 9.47 Å². The number of aromatic nitrogens is 2. The molecule has 1 aromatic carbocycles. The van der Waals surface area contributed by atoms with Crippen molar-refractivity contribution >= 4 is 22.1 Å². The highest BCUT2D eigenvalue weighted by molar-refractivity contribution is 7.90. The summed E-state index contributed by atoms with van der Waals surface area (Å²) in [4.78, 5) is 21.7. The lowest BCUT2D eigenvalue weighted by molar-refractivity contribution is 0.134. The zero-order chi connectivity index (χ0) is 25.4. The molecule has 5 rings (SSSR count). The van der Waals surface area contributed by atoms with E-state index in [0.29, 0.717) is 18.7 Å². The standard InChI is InChI=1S/C23H21F2N5O5S/c1-28(36(32,33)30-10-3-11-30)21-20(25)16(7-9-26-21)14-29-13-15-5-6-17(12-19(15)35-23(29)31)34-22-18(24)4-2-8-27-22/h2,4-9,12H,3,10-11,13-14H2,1H3. The summed E-state index contributed by atoms with van der Waals surface area (Å²) in [6, 6.07) is 8.69. The molecule has 188 valence electrons. The maximum atomic E-state index is 15.3. The van der Waals surface area contributed by atoms with Crippen molar-refractivity contribution in [3.63, 3.8) is 0 Å². The fourth-order valence-corrected chi connectivity index (χ4v) is 5.16. The number of rotatable bonds is 7. The van der Waals surface area contributed by atoms with Gasteiger partial charge in [-0.15, -0.1) is 0 Å². The second-order valence-electron chi connectivity index (χ2n) is 8.22. The largest absolute Gasteiger partial charge is 0.436 e. The molecule has 0 aliphatic carbocycles. The van der Waals surface area contributed by atoms with Crippen LogP contribution in [0.4, 0.5) is 19.4 Å². The number of halogens is 2. The SMILES string of the molecule is CN(c1nccc(CN2Cc3ccc(Oc4ncccc4F)cc3OC2=O)c1F)S(=O)(=O)N1CCC1. The predicted molar refractivity (Wildman–Crippen MR) is 124 cm³/mol. The average molecular weight is 518 g/mol. The molecule has 10 nitrogen and oxygen atoms in total. The Labute approximate surface area is 205 Å². The van der Waals surface area contributed by atoms with Crippen molar-refractivity contribution in [3.8, 4) is 17.4 Å². The lowest BCUT2D eigenvalue weighted by Gasteiger charge is -2.34. The third-order valence-corrected chi connectivity index (χ3v) is 7.78. The van der Waals surface area contributed by atoms with Gasteiger partial charge in [0, 0.05) is 49.7 Å². The molecule has 0 spiro atoms. The number of fused-ring (bicyclic) bond motifs is 1. The lowest BCUT2D eigenvalue weighted by atomic mass is 10.1. The molecule has 3 aromatic rings.